The standard InChI is InChI=1S/C32H37ClN2O2S/c1-23-18-24(2)20-27(19-23)31(36)34(3)21-26(25-8-10-28(33)11-9-25)12-15-35-16-13-32(14-17-35)22-38(37)30-7-5-4-6-29(30)32/h4-11,18-20,26H,12-17,21-22H2,1-3H3/t26-,38?/m1/s1. The van der Waals surface area contributed by atoms with Gasteiger partial charge in [0.1, 0.15) is 0 Å². The summed E-state index contributed by atoms with van der Waals surface area (Å²) in [6.07, 6.45) is 3.06. The summed E-state index contributed by atoms with van der Waals surface area (Å²) in [5.41, 5.74) is 5.54. The maximum absolute atomic E-state index is 13.3. The highest BCUT2D eigenvalue weighted by Crippen LogP contribution is 2.44. The van der Waals surface area contributed by atoms with Gasteiger partial charge >= 0.3 is 0 Å². The minimum absolute atomic E-state index is 0.0589. The Hall–Kier alpha value is -2.47. The second-order valence-corrected chi connectivity index (χ2v) is 13.1. The van der Waals surface area contributed by atoms with Crippen LogP contribution in [0.15, 0.2) is 71.6 Å². The molecule has 2 heterocycles. The van der Waals surface area contributed by atoms with Gasteiger partial charge in [0.25, 0.3) is 5.91 Å². The van der Waals surface area contributed by atoms with Gasteiger partial charge < -0.3 is 9.80 Å². The zero-order valence-electron chi connectivity index (χ0n) is 22.6. The summed E-state index contributed by atoms with van der Waals surface area (Å²) in [5, 5.41) is 0.725. The molecule has 2 atom stereocenters. The molecule has 200 valence electrons. The van der Waals surface area contributed by atoms with Crippen LogP contribution in [0, 0.1) is 13.8 Å². The van der Waals surface area contributed by atoms with Gasteiger partial charge in [-0.1, -0.05) is 59.1 Å². The van der Waals surface area contributed by atoms with Crippen molar-refractivity contribution in [3.63, 3.8) is 0 Å². The molecule has 0 N–H and O–H groups in total. The van der Waals surface area contributed by atoms with Crippen LogP contribution in [0.4, 0.5) is 0 Å². The summed E-state index contributed by atoms with van der Waals surface area (Å²) in [7, 11) is 1.03. The maximum atomic E-state index is 13.3. The Morgan fingerprint density at radius 2 is 1.68 bits per heavy atom. The van der Waals surface area contributed by atoms with Gasteiger partial charge in [-0.15, -0.1) is 0 Å². The van der Waals surface area contributed by atoms with E-state index in [2.05, 4.69) is 35.2 Å². The Kier molecular flexibility index (Phi) is 8.08. The molecule has 3 aromatic carbocycles. The lowest BCUT2D eigenvalue weighted by Gasteiger charge is -2.40. The SMILES string of the molecule is Cc1cc(C)cc(C(=O)N(C)C[C@@H](CCN2CCC3(CC2)CS(=O)c2ccccc23)c2ccc(Cl)cc2)c1. The van der Waals surface area contributed by atoms with Crippen molar-refractivity contribution >= 4 is 28.3 Å². The number of rotatable bonds is 7. The molecule has 2 aliphatic rings. The topological polar surface area (TPSA) is 40.6 Å². The van der Waals surface area contributed by atoms with E-state index in [4.69, 9.17) is 11.6 Å². The molecule has 1 amide bonds. The van der Waals surface area contributed by atoms with Crippen LogP contribution in [0.5, 0.6) is 0 Å². The van der Waals surface area contributed by atoms with Gasteiger partial charge in [0, 0.05) is 46.2 Å². The van der Waals surface area contributed by atoms with Crippen LogP contribution in [0.25, 0.3) is 0 Å². The van der Waals surface area contributed by atoms with Crippen LogP contribution >= 0.6 is 11.6 Å². The van der Waals surface area contributed by atoms with E-state index in [1.165, 1.54) is 11.1 Å². The predicted molar refractivity (Wildman–Crippen MR) is 157 cm³/mol. The average molecular weight is 549 g/mol. The first-order valence-corrected chi connectivity index (χ1v) is 15.2. The Labute approximate surface area is 234 Å². The van der Waals surface area contributed by atoms with Crippen LogP contribution in [0.1, 0.15) is 57.8 Å². The normalized spacial score (nSPS) is 19.3. The number of carbonyl (C=O) groups excluding carboxylic acids is 1. The molecular weight excluding hydrogens is 512 g/mol. The van der Waals surface area contributed by atoms with Gasteiger partial charge in [-0.3, -0.25) is 9.00 Å². The lowest BCUT2D eigenvalue weighted by molar-refractivity contribution is 0.0780. The first kappa shape index (κ1) is 27.1. The number of benzene rings is 3. The highest BCUT2D eigenvalue weighted by Gasteiger charge is 2.44. The fourth-order valence-corrected chi connectivity index (χ4v) is 8.28. The van der Waals surface area contributed by atoms with Gasteiger partial charge in [-0.25, -0.2) is 0 Å². The van der Waals surface area contributed by atoms with Crippen molar-refractivity contribution in [2.45, 2.75) is 49.3 Å². The van der Waals surface area contributed by atoms with Gasteiger partial charge in [-0.05, 0) is 94.2 Å². The molecule has 0 bridgehead atoms. The van der Waals surface area contributed by atoms with Crippen LogP contribution in [0.2, 0.25) is 5.02 Å². The number of hydrogen-bond acceptors (Lipinski definition) is 3. The number of fused-ring (bicyclic) bond motifs is 2. The van der Waals surface area contributed by atoms with Crippen molar-refractivity contribution in [1.82, 2.24) is 9.80 Å². The number of amides is 1. The summed E-state index contributed by atoms with van der Waals surface area (Å²) in [6, 6.07) is 22.4. The van der Waals surface area contributed by atoms with Crippen LogP contribution in [-0.4, -0.2) is 58.9 Å². The number of likely N-dealkylation sites (tertiary alicyclic amines) is 1. The fourth-order valence-electron chi connectivity index (χ4n) is 6.30. The van der Waals surface area contributed by atoms with E-state index in [0.29, 0.717) is 6.54 Å². The van der Waals surface area contributed by atoms with Crippen molar-refractivity contribution < 1.29 is 9.00 Å². The highest BCUT2D eigenvalue weighted by atomic mass is 35.5. The molecule has 1 saturated heterocycles. The van der Waals surface area contributed by atoms with Crippen molar-refractivity contribution in [2.75, 3.05) is 39.0 Å². The van der Waals surface area contributed by atoms with Crippen molar-refractivity contribution in [2.24, 2.45) is 0 Å². The molecule has 2 aliphatic heterocycles. The molecule has 0 aromatic heterocycles. The van der Waals surface area contributed by atoms with E-state index in [1.54, 1.807) is 0 Å². The zero-order valence-corrected chi connectivity index (χ0v) is 24.2. The molecular formula is C32H37ClN2O2S. The Bertz CT molecular complexity index is 1310. The molecule has 0 radical (unpaired) electrons. The van der Waals surface area contributed by atoms with E-state index in [1.807, 2.05) is 62.2 Å². The summed E-state index contributed by atoms with van der Waals surface area (Å²) >= 11 is 6.19. The highest BCUT2D eigenvalue weighted by molar-refractivity contribution is 7.85. The summed E-state index contributed by atoms with van der Waals surface area (Å²) in [6.45, 7) is 7.71. The summed E-state index contributed by atoms with van der Waals surface area (Å²) < 4.78 is 12.8. The molecule has 3 aromatic rings. The second kappa shape index (κ2) is 11.3. The molecule has 0 aliphatic carbocycles. The average Bonchev–Trinajstić information content (AvgIpc) is 3.18. The van der Waals surface area contributed by atoms with Gasteiger partial charge in [0.2, 0.25) is 0 Å². The van der Waals surface area contributed by atoms with Crippen molar-refractivity contribution in [3.05, 3.63) is 99.6 Å². The number of nitrogens with zero attached hydrogens (tertiary/aromatic N) is 2. The molecule has 1 unspecified atom stereocenters. The third-order valence-corrected chi connectivity index (χ3v) is 10.3. The monoisotopic (exact) mass is 548 g/mol. The number of hydrogen-bond donors (Lipinski definition) is 0. The van der Waals surface area contributed by atoms with E-state index < -0.39 is 10.8 Å². The lowest BCUT2D eigenvalue weighted by Crippen LogP contribution is -2.44. The number of likely N-dealkylation sites (N-methyl/N-ethyl adjacent to an activating group) is 1. The Morgan fingerprint density at radius 1 is 1.03 bits per heavy atom. The van der Waals surface area contributed by atoms with Crippen LogP contribution in [0.3, 0.4) is 0 Å². The second-order valence-electron chi connectivity index (χ2n) is 11.2. The minimum atomic E-state index is -0.881. The maximum Gasteiger partial charge on any atom is 0.253 e. The summed E-state index contributed by atoms with van der Waals surface area (Å²) in [5.74, 6) is 1.03. The number of halogens is 1. The van der Waals surface area contributed by atoms with Gasteiger partial charge in [0.15, 0.2) is 0 Å². The van der Waals surface area contributed by atoms with Gasteiger partial charge in [-0.2, -0.15) is 0 Å². The number of piperidine rings is 1. The molecule has 6 heteroatoms. The van der Waals surface area contributed by atoms with E-state index in [9.17, 15) is 9.00 Å². The first-order valence-electron chi connectivity index (χ1n) is 13.5. The van der Waals surface area contributed by atoms with Gasteiger partial charge in [0.05, 0.1) is 10.8 Å². The van der Waals surface area contributed by atoms with E-state index >= 15 is 0 Å². The molecule has 38 heavy (non-hydrogen) atoms. The fraction of sp³-hybridized carbons (Fsp3) is 0.406. The smallest absolute Gasteiger partial charge is 0.253 e. The molecule has 1 fully saturated rings. The third kappa shape index (κ3) is 5.75. The largest absolute Gasteiger partial charge is 0.341 e. The number of aryl methyl sites for hydroxylation is 2. The Morgan fingerprint density at radius 3 is 2.37 bits per heavy atom. The summed E-state index contributed by atoms with van der Waals surface area (Å²) in [4.78, 5) is 18.8. The predicted octanol–water partition coefficient (Wildman–Crippen LogP) is 6.36. The minimum Gasteiger partial charge on any atom is -0.341 e. The van der Waals surface area contributed by atoms with Crippen molar-refractivity contribution in [1.29, 1.82) is 0 Å². The Balaban J connectivity index is 1.25. The first-order chi connectivity index (χ1) is 18.2. The van der Waals surface area contributed by atoms with Crippen LogP contribution in [-0.2, 0) is 16.2 Å². The molecule has 1 spiro atoms. The molecule has 0 saturated carbocycles. The molecule has 5 rings (SSSR count). The number of carbonyl (C=O) groups is 1. The third-order valence-electron chi connectivity index (χ3n) is 8.37. The van der Waals surface area contributed by atoms with E-state index in [-0.39, 0.29) is 17.2 Å². The zero-order chi connectivity index (χ0) is 26.9. The van der Waals surface area contributed by atoms with Crippen molar-refractivity contribution in [3.8, 4) is 0 Å². The lowest BCUT2D eigenvalue weighted by atomic mass is 9.74. The quantitative estimate of drug-likeness (QED) is 0.345. The van der Waals surface area contributed by atoms with E-state index in [0.717, 1.165) is 71.3 Å². The van der Waals surface area contributed by atoms with Crippen LogP contribution < -0.4 is 0 Å². The molecule has 4 nitrogen and oxygen atoms in total.